The molecule has 20 heavy (non-hydrogen) atoms. The van der Waals surface area contributed by atoms with Gasteiger partial charge in [-0.25, -0.2) is 0 Å². The van der Waals surface area contributed by atoms with Crippen molar-refractivity contribution in [2.24, 2.45) is 0 Å². The molecular weight excluding hydrogens is 298 g/mol. The Bertz CT molecular complexity index is 665. The molecule has 0 bridgehead atoms. The average molecular weight is 314 g/mol. The van der Waals surface area contributed by atoms with E-state index in [1.54, 1.807) is 7.11 Å². The summed E-state index contributed by atoms with van der Waals surface area (Å²) >= 11 is 11.2. The third kappa shape index (κ3) is 3.59. The lowest BCUT2D eigenvalue weighted by molar-refractivity contribution is -0.121. The molecule has 0 saturated heterocycles. The molecular formula is C13H16ClN3O2S. The number of fused-ring (bicyclic) bond motifs is 1. The first kappa shape index (κ1) is 15.0. The summed E-state index contributed by atoms with van der Waals surface area (Å²) in [5.74, 6) is -0.0211. The number of rotatable bonds is 6. The highest BCUT2D eigenvalue weighted by molar-refractivity contribution is 7.71. The fraction of sp³-hybridized carbons (Fsp3) is 0.385. The Morgan fingerprint density at radius 3 is 3.10 bits per heavy atom. The zero-order valence-electron chi connectivity index (χ0n) is 11.1. The van der Waals surface area contributed by atoms with Gasteiger partial charge in [0.2, 0.25) is 5.91 Å². The minimum absolute atomic E-state index is 0.0211. The van der Waals surface area contributed by atoms with Crippen LogP contribution in [0.1, 0.15) is 6.42 Å². The molecule has 0 unspecified atom stereocenters. The minimum atomic E-state index is -0.0211. The molecule has 0 atom stereocenters. The van der Waals surface area contributed by atoms with Crippen molar-refractivity contribution >= 4 is 40.8 Å². The van der Waals surface area contributed by atoms with Gasteiger partial charge in [0.15, 0.2) is 4.77 Å². The van der Waals surface area contributed by atoms with E-state index in [0.717, 1.165) is 11.0 Å². The molecule has 5 nitrogen and oxygen atoms in total. The van der Waals surface area contributed by atoms with E-state index in [1.807, 2.05) is 22.8 Å². The van der Waals surface area contributed by atoms with E-state index >= 15 is 0 Å². The van der Waals surface area contributed by atoms with Gasteiger partial charge in [-0.1, -0.05) is 11.6 Å². The van der Waals surface area contributed by atoms with Crippen LogP contribution in [0, 0.1) is 4.77 Å². The highest BCUT2D eigenvalue weighted by Crippen LogP contribution is 2.19. The van der Waals surface area contributed by atoms with Gasteiger partial charge in [-0.3, -0.25) is 4.79 Å². The number of amides is 1. The fourth-order valence-electron chi connectivity index (χ4n) is 1.95. The third-order valence-electron chi connectivity index (χ3n) is 2.93. The number of hydrogen-bond acceptors (Lipinski definition) is 3. The molecule has 0 fully saturated rings. The Labute approximate surface area is 126 Å². The molecule has 2 N–H and O–H groups in total. The van der Waals surface area contributed by atoms with E-state index < -0.39 is 0 Å². The van der Waals surface area contributed by atoms with Crippen LogP contribution >= 0.6 is 23.8 Å². The van der Waals surface area contributed by atoms with Crippen LogP contribution in [0.4, 0.5) is 0 Å². The van der Waals surface area contributed by atoms with Crippen LogP contribution in [0.3, 0.4) is 0 Å². The number of aromatic amines is 1. The van der Waals surface area contributed by atoms with Crippen molar-refractivity contribution in [2.75, 3.05) is 20.3 Å². The lowest BCUT2D eigenvalue weighted by Gasteiger charge is -2.06. The summed E-state index contributed by atoms with van der Waals surface area (Å²) < 4.78 is 7.37. The number of aryl methyl sites for hydroxylation is 1. The molecule has 1 amide bonds. The Morgan fingerprint density at radius 2 is 2.35 bits per heavy atom. The SMILES string of the molecule is COCCNC(=O)CCn1c(=S)[nH]c2cc(Cl)ccc21. The van der Waals surface area contributed by atoms with Gasteiger partial charge in [0.25, 0.3) is 0 Å². The molecule has 1 aromatic heterocycles. The average Bonchev–Trinajstić information content (AvgIpc) is 2.71. The van der Waals surface area contributed by atoms with E-state index in [4.69, 9.17) is 28.6 Å². The molecule has 2 rings (SSSR count). The molecule has 2 aromatic rings. The normalized spacial score (nSPS) is 10.9. The lowest BCUT2D eigenvalue weighted by Crippen LogP contribution is -2.27. The number of halogens is 1. The molecule has 108 valence electrons. The Balaban J connectivity index is 2.05. The molecule has 0 spiro atoms. The summed E-state index contributed by atoms with van der Waals surface area (Å²) in [4.78, 5) is 14.8. The molecule has 1 aromatic carbocycles. The van der Waals surface area contributed by atoms with Crippen LogP contribution in [0.2, 0.25) is 5.02 Å². The molecule has 0 aliphatic carbocycles. The summed E-state index contributed by atoms with van der Waals surface area (Å²) in [5.41, 5.74) is 1.83. The standard InChI is InChI=1S/C13H16ClN3O2S/c1-19-7-5-15-12(18)4-6-17-11-3-2-9(14)8-10(11)16-13(17)20/h2-3,8H,4-7H2,1H3,(H,15,18)(H,16,20). The second kappa shape index (κ2) is 6.88. The maximum atomic E-state index is 11.7. The van der Waals surface area contributed by atoms with Crippen molar-refractivity contribution in [3.63, 3.8) is 0 Å². The second-order valence-corrected chi connectivity index (χ2v) is 5.16. The number of H-pyrrole nitrogens is 1. The van der Waals surface area contributed by atoms with E-state index in [-0.39, 0.29) is 5.91 Å². The van der Waals surface area contributed by atoms with Crippen molar-refractivity contribution < 1.29 is 9.53 Å². The van der Waals surface area contributed by atoms with Crippen LogP contribution in [0.5, 0.6) is 0 Å². The fourth-order valence-corrected chi connectivity index (χ4v) is 2.42. The predicted octanol–water partition coefficient (Wildman–Crippen LogP) is 2.50. The number of nitrogens with one attached hydrogen (secondary N) is 2. The summed E-state index contributed by atoms with van der Waals surface area (Å²) in [7, 11) is 1.60. The first-order valence-corrected chi connectivity index (χ1v) is 7.04. The second-order valence-electron chi connectivity index (χ2n) is 4.34. The summed E-state index contributed by atoms with van der Waals surface area (Å²) in [6, 6.07) is 5.52. The molecule has 0 saturated carbocycles. The van der Waals surface area contributed by atoms with Gasteiger partial charge in [0, 0.05) is 31.6 Å². The first-order chi connectivity index (χ1) is 9.61. The van der Waals surface area contributed by atoms with Crippen LogP contribution in [-0.4, -0.2) is 35.7 Å². The van der Waals surface area contributed by atoms with Gasteiger partial charge in [0.05, 0.1) is 17.6 Å². The number of nitrogens with zero attached hydrogens (tertiary/aromatic N) is 1. The first-order valence-electron chi connectivity index (χ1n) is 6.25. The van der Waals surface area contributed by atoms with Crippen LogP contribution in [0.25, 0.3) is 11.0 Å². The van der Waals surface area contributed by atoms with Gasteiger partial charge in [-0.2, -0.15) is 0 Å². The Morgan fingerprint density at radius 1 is 1.55 bits per heavy atom. The van der Waals surface area contributed by atoms with E-state index in [9.17, 15) is 4.79 Å². The number of hydrogen-bond donors (Lipinski definition) is 2. The van der Waals surface area contributed by atoms with Crippen LogP contribution in [0.15, 0.2) is 18.2 Å². The number of carbonyl (C=O) groups excluding carboxylic acids is 1. The monoisotopic (exact) mass is 313 g/mol. The quantitative estimate of drug-likeness (QED) is 0.636. The smallest absolute Gasteiger partial charge is 0.221 e. The topological polar surface area (TPSA) is 59.0 Å². The van der Waals surface area contributed by atoms with Crippen LogP contribution < -0.4 is 5.32 Å². The van der Waals surface area contributed by atoms with Crippen molar-refractivity contribution in [2.45, 2.75) is 13.0 Å². The number of methoxy groups -OCH3 is 1. The van der Waals surface area contributed by atoms with E-state index in [2.05, 4.69) is 10.3 Å². The van der Waals surface area contributed by atoms with E-state index in [1.165, 1.54) is 0 Å². The molecule has 0 radical (unpaired) electrons. The number of imidazole rings is 1. The summed E-state index contributed by atoms with van der Waals surface area (Å²) in [6.07, 6.45) is 0.369. The largest absolute Gasteiger partial charge is 0.383 e. The maximum Gasteiger partial charge on any atom is 0.221 e. The highest BCUT2D eigenvalue weighted by atomic mass is 35.5. The van der Waals surface area contributed by atoms with Crippen molar-refractivity contribution in [1.82, 2.24) is 14.9 Å². The zero-order chi connectivity index (χ0) is 14.5. The van der Waals surface area contributed by atoms with Gasteiger partial charge in [-0.05, 0) is 30.4 Å². The number of ether oxygens (including phenoxy) is 1. The van der Waals surface area contributed by atoms with Crippen LogP contribution in [-0.2, 0) is 16.1 Å². The number of aromatic nitrogens is 2. The highest BCUT2D eigenvalue weighted by Gasteiger charge is 2.07. The summed E-state index contributed by atoms with van der Waals surface area (Å²) in [5, 5.41) is 3.43. The number of carbonyl (C=O) groups is 1. The Kier molecular flexibility index (Phi) is 5.17. The van der Waals surface area contributed by atoms with E-state index in [0.29, 0.717) is 35.9 Å². The molecule has 0 aliphatic rings. The predicted molar refractivity (Wildman–Crippen MR) is 81.6 cm³/mol. The molecule has 1 heterocycles. The van der Waals surface area contributed by atoms with Gasteiger partial charge < -0.3 is 19.6 Å². The maximum absolute atomic E-state index is 11.7. The zero-order valence-corrected chi connectivity index (χ0v) is 12.7. The van der Waals surface area contributed by atoms with Gasteiger partial charge in [-0.15, -0.1) is 0 Å². The van der Waals surface area contributed by atoms with Gasteiger partial charge >= 0.3 is 0 Å². The lowest BCUT2D eigenvalue weighted by atomic mass is 10.3. The third-order valence-corrected chi connectivity index (χ3v) is 3.48. The van der Waals surface area contributed by atoms with Crippen molar-refractivity contribution in [3.05, 3.63) is 28.0 Å². The Hall–Kier alpha value is -1.37. The minimum Gasteiger partial charge on any atom is -0.383 e. The molecule has 0 aliphatic heterocycles. The van der Waals surface area contributed by atoms with Crippen molar-refractivity contribution in [3.8, 4) is 0 Å². The van der Waals surface area contributed by atoms with Gasteiger partial charge in [0.1, 0.15) is 0 Å². The molecule has 7 heteroatoms. The summed E-state index contributed by atoms with van der Waals surface area (Å²) in [6.45, 7) is 1.56. The number of benzene rings is 1. The van der Waals surface area contributed by atoms with Crippen molar-refractivity contribution in [1.29, 1.82) is 0 Å².